The minimum absolute atomic E-state index is 0.111. The summed E-state index contributed by atoms with van der Waals surface area (Å²) in [5.41, 5.74) is 0.854. The highest BCUT2D eigenvalue weighted by Gasteiger charge is 2.11. The number of ether oxygens (including phenoxy) is 1. The highest BCUT2D eigenvalue weighted by atomic mass is 19.1. The first-order valence-corrected chi connectivity index (χ1v) is 6.30. The van der Waals surface area contributed by atoms with Crippen LogP contribution in [-0.4, -0.2) is 4.92 Å². The van der Waals surface area contributed by atoms with Crippen molar-refractivity contribution >= 4 is 5.69 Å². The molecule has 0 spiro atoms. The van der Waals surface area contributed by atoms with Gasteiger partial charge in [0.1, 0.15) is 17.3 Å². The predicted octanol–water partition coefficient (Wildman–Crippen LogP) is 4.48. The van der Waals surface area contributed by atoms with Crippen molar-refractivity contribution in [1.29, 1.82) is 0 Å². The monoisotopic (exact) mass is 275 g/mol. The maximum absolute atomic E-state index is 13.3. The number of halogens is 1. The fourth-order valence-electron chi connectivity index (χ4n) is 1.86. The zero-order valence-corrected chi connectivity index (χ0v) is 11.0. The minimum Gasteiger partial charge on any atom is -0.457 e. The van der Waals surface area contributed by atoms with Crippen molar-refractivity contribution in [3.8, 4) is 11.5 Å². The topological polar surface area (TPSA) is 52.4 Å². The van der Waals surface area contributed by atoms with Gasteiger partial charge in [-0.25, -0.2) is 4.39 Å². The molecule has 0 radical (unpaired) electrons. The van der Waals surface area contributed by atoms with Gasteiger partial charge in [-0.15, -0.1) is 0 Å². The highest BCUT2D eigenvalue weighted by Crippen LogP contribution is 2.27. The Morgan fingerprint density at radius 3 is 2.45 bits per heavy atom. The van der Waals surface area contributed by atoms with Gasteiger partial charge in [0, 0.05) is 6.07 Å². The molecule has 0 saturated carbocycles. The van der Waals surface area contributed by atoms with Crippen LogP contribution in [0.15, 0.2) is 42.5 Å². The van der Waals surface area contributed by atoms with Gasteiger partial charge in [0.2, 0.25) is 0 Å². The molecular formula is C15H14FNO3. The molecule has 0 aliphatic carbocycles. The van der Waals surface area contributed by atoms with Gasteiger partial charge in [-0.05, 0) is 24.1 Å². The summed E-state index contributed by atoms with van der Waals surface area (Å²) in [5.74, 6) is -0.0681. The molecule has 0 atom stereocenters. The minimum atomic E-state index is -0.697. The van der Waals surface area contributed by atoms with E-state index in [1.807, 2.05) is 12.1 Å². The van der Waals surface area contributed by atoms with E-state index >= 15 is 0 Å². The molecular weight excluding hydrogens is 261 g/mol. The molecule has 2 aromatic rings. The van der Waals surface area contributed by atoms with E-state index in [4.69, 9.17) is 4.74 Å². The summed E-state index contributed by atoms with van der Waals surface area (Å²) in [6, 6.07) is 10.6. The van der Waals surface area contributed by atoms with Gasteiger partial charge in [0.25, 0.3) is 5.69 Å². The molecule has 20 heavy (non-hydrogen) atoms. The van der Waals surface area contributed by atoms with Crippen molar-refractivity contribution in [3.63, 3.8) is 0 Å². The van der Waals surface area contributed by atoms with Crippen LogP contribution in [0.2, 0.25) is 0 Å². The van der Waals surface area contributed by atoms with Gasteiger partial charge in [0.05, 0.1) is 17.1 Å². The molecule has 5 heteroatoms. The molecule has 4 nitrogen and oxygen atoms in total. The Balaban J connectivity index is 2.19. The highest BCUT2D eigenvalue weighted by molar-refractivity contribution is 5.41. The molecule has 0 aromatic heterocycles. The van der Waals surface area contributed by atoms with Crippen molar-refractivity contribution in [1.82, 2.24) is 0 Å². The van der Waals surface area contributed by atoms with E-state index in [2.05, 4.69) is 6.92 Å². The smallest absolute Gasteiger partial charge is 0.276 e. The second kappa shape index (κ2) is 6.14. The van der Waals surface area contributed by atoms with Crippen molar-refractivity contribution in [2.24, 2.45) is 0 Å². The molecule has 0 heterocycles. The number of aryl methyl sites for hydroxylation is 1. The lowest BCUT2D eigenvalue weighted by molar-refractivity contribution is -0.385. The molecule has 0 bridgehead atoms. The molecule has 2 aromatic carbocycles. The summed E-state index contributed by atoms with van der Waals surface area (Å²) in [6.45, 7) is 2.09. The maximum Gasteiger partial charge on any atom is 0.276 e. The second-order valence-electron chi connectivity index (χ2n) is 4.40. The number of hydrogen-bond donors (Lipinski definition) is 0. The number of benzene rings is 2. The van der Waals surface area contributed by atoms with Gasteiger partial charge in [0.15, 0.2) is 0 Å². The van der Waals surface area contributed by atoms with Crippen molar-refractivity contribution in [2.75, 3.05) is 0 Å². The third kappa shape index (κ3) is 3.54. The number of hydrogen-bond acceptors (Lipinski definition) is 3. The average molecular weight is 275 g/mol. The quantitative estimate of drug-likeness (QED) is 0.597. The van der Waals surface area contributed by atoms with Crippen molar-refractivity contribution in [3.05, 3.63) is 64.0 Å². The van der Waals surface area contributed by atoms with E-state index < -0.39 is 10.7 Å². The Labute approximate surface area is 116 Å². The normalized spacial score (nSPS) is 10.3. The van der Waals surface area contributed by atoms with E-state index in [1.165, 1.54) is 11.6 Å². The Kier molecular flexibility index (Phi) is 4.30. The number of nitro groups is 1. The fourth-order valence-corrected chi connectivity index (χ4v) is 1.86. The standard InChI is InChI=1S/C15H14FNO3/c1-2-3-11-4-6-14(7-5-11)20-15-9-12(16)8-13(10-15)17(18)19/h4-10H,2-3H2,1H3. The van der Waals surface area contributed by atoms with Gasteiger partial charge < -0.3 is 4.74 Å². The van der Waals surface area contributed by atoms with Crippen LogP contribution in [-0.2, 0) is 6.42 Å². The zero-order valence-electron chi connectivity index (χ0n) is 11.0. The van der Waals surface area contributed by atoms with E-state index in [0.29, 0.717) is 5.75 Å². The largest absolute Gasteiger partial charge is 0.457 e. The molecule has 0 unspecified atom stereocenters. The third-order valence-corrected chi connectivity index (χ3v) is 2.76. The van der Waals surface area contributed by atoms with Crippen LogP contribution < -0.4 is 4.74 Å². The Hall–Kier alpha value is -2.43. The first-order valence-electron chi connectivity index (χ1n) is 6.30. The molecule has 0 fully saturated rings. The lowest BCUT2D eigenvalue weighted by atomic mass is 10.1. The molecule has 0 N–H and O–H groups in total. The van der Waals surface area contributed by atoms with Crippen LogP contribution in [0.4, 0.5) is 10.1 Å². The van der Waals surface area contributed by atoms with E-state index in [-0.39, 0.29) is 11.4 Å². The van der Waals surface area contributed by atoms with E-state index in [9.17, 15) is 14.5 Å². The average Bonchev–Trinajstić information content (AvgIpc) is 2.40. The number of nitro benzene ring substituents is 1. The molecule has 2 rings (SSSR count). The Morgan fingerprint density at radius 1 is 1.15 bits per heavy atom. The Bertz CT molecular complexity index is 611. The summed E-state index contributed by atoms with van der Waals surface area (Å²) >= 11 is 0. The van der Waals surface area contributed by atoms with E-state index in [0.717, 1.165) is 25.0 Å². The second-order valence-corrected chi connectivity index (χ2v) is 4.40. The van der Waals surface area contributed by atoms with Crippen LogP contribution in [0.1, 0.15) is 18.9 Å². The van der Waals surface area contributed by atoms with Crippen LogP contribution in [0.5, 0.6) is 11.5 Å². The summed E-state index contributed by atoms with van der Waals surface area (Å²) in [5, 5.41) is 10.7. The van der Waals surface area contributed by atoms with Gasteiger partial charge in [-0.1, -0.05) is 25.5 Å². The molecule has 104 valence electrons. The fraction of sp³-hybridized carbons (Fsp3) is 0.200. The zero-order chi connectivity index (χ0) is 14.5. The molecule has 0 saturated heterocycles. The van der Waals surface area contributed by atoms with Crippen molar-refractivity contribution < 1.29 is 14.1 Å². The lowest BCUT2D eigenvalue weighted by Gasteiger charge is -2.06. The third-order valence-electron chi connectivity index (χ3n) is 2.76. The molecule has 0 aliphatic heterocycles. The number of non-ortho nitro benzene ring substituents is 1. The van der Waals surface area contributed by atoms with Gasteiger partial charge in [-0.3, -0.25) is 10.1 Å². The Morgan fingerprint density at radius 2 is 1.85 bits per heavy atom. The number of rotatable bonds is 5. The van der Waals surface area contributed by atoms with Crippen LogP contribution in [0.25, 0.3) is 0 Å². The SMILES string of the molecule is CCCc1ccc(Oc2cc(F)cc([N+](=O)[O-])c2)cc1. The first kappa shape index (κ1) is 14.0. The van der Waals surface area contributed by atoms with Gasteiger partial charge >= 0.3 is 0 Å². The van der Waals surface area contributed by atoms with E-state index in [1.54, 1.807) is 12.1 Å². The maximum atomic E-state index is 13.3. The summed E-state index contributed by atoms with van der Waals surface area (Å²) in [7, 11) is 0. The number of nitrogens with zero attached hydrogens (tertiary/aromatic N) is 1. The van der Waals surface area contributed by atoms with Crippen LogP contribution in [0, 0.1) is 15.9 Å². The summed E-state index contributed by atoms with van der Waals surface area (Å²) in [4.78, 5) is 10.0. The van der Waals surface area contributed by atoms with Crippen LogP contribution >= 0.6 is 0 Å². The predicted molar refractivity (Wildman–Crippen MR) is 73.6 cm³/mol. The summed E-state index contributed by atoms with van der Waals surface area (Å²) in [6.07, 6.45) is 2.03. The molecule has 0 aliphatic rings. The molecule has 0 amide bonds. The van der Waals surface area contributed by atoms with Crippen molar-refractivity contribution in [2.45, 2.75) is 19.8 Å². The first-order chi connectivity index (χ1) is 9.58. The lowest BCUT2D eigenvalue weighted by Crippen LogP contribution is -1.92. The van der Waals surface area contributed by atoms with Crippen LogP contribution in [0.3, 0.4) is 0 Å². The van der Waals surface area contributed by atoms with Gasteiger partial charge in [-0.2, -0.15) is 0 Å². The summed E-state index contributed by atoms with van der Waals surface area (Å²) < 4.78 is 18.7.